The van der Waals surface area contributed by atoms with Gasteiger partial charge in [0.05, 0.1) is 14.2 Å². The second-order valence-corrected chi connectivity index (χ2v) is 5.66. The Morgan fingerprint density at radius 2 is 1.89 bits per heavy atom. The lowest BCUT2D eigenvalue weighted by atomic mass is 9.88. The van der Waals surface area contributed by atoms with Gasteiger partial charge in [0.1, 0.15) is 11.5 Å². The van der Waals surface area contributed by atoms with E-state index in [1.165, 1.54) is 36.0 Å². The third-order valence-electron chi connectivity index (χ3n) is 4.71. The number of hydrogen-bond acceptors (Lipinski definition) is 3. The summed E-state index contributed by atoms with van der Waals surface area (Å²) in [6, 6.07) is 2.19. The van der Waals surface area contributed by atoms with Crippen LogP contribution in [0.1, 0.15) is 47.8 Å². The van der Waals surface area contributed by atoms with E-state index in [1.807, 2.05) is 7.05 Å². The van der Waals surface area contributed by atoms with Gasteiger partial charge in [0.15, 0.2) is 0 Å². The lowest BCUT2D eigenvalue weighted by Crippen LogP contribution is -2.13. The van der Waals surface area contributed by atoms with Gasteiger partial charge >= 0.3 is 0 Å². The predicted octanol–water partition coefficient (Wildman–Crippen LogP) is 2.83. The van der Waals surface area contributed by atoms with E-state index < -0.39 is 0 Å². The van der Waals surface area contributed by atoms with Crippen LogP contribution in [0.3, 0.4) is 0 Å². The molecule has 1 aromatic rings. The number of hydrogen-bond donors (Lipinski definition) is 1. The summed E-state index contributed by atoms with van der Waals surface area (Å²) in [5, 5.41) is 3.21. The molecule has 0 spiro atoms. The van der Waals surface area contributed by atoms with Gasteiger partial charge in [0.2, 0.25) is 0 Å². The zero-order valence-electron chi connectivity index (χ0n) is 12.1. The molecule has 0 saturated heterocycles. The monoisotopic (exact) mass is 261 g/mol. The van der Waals surface area contributed by atoms with E-state index in [0.29, 0.717) is 11.8 Å². The second-order valence-electron chi connectivity index (χ2n) is 5.66. The van der Waals surface area contributed by atoms with Crippen molar-refractivity contribution in [3.05, 3.63) is 22.8 Å². The molecule has 2 bridgehead atoms. The highest BCUT2D eigenvalue weighted by molar-refractivity contribution is 5.60. The SMILES string of the molecule is CNCCc1cc(OC)c2c(c1OC)C1CCC2C1. The molecule has 1 saturated carbocycles. The molecule has 3 rings (SSSR count). The Labute approximate surface area is 115 Å². The molecule has 1 N–H and O–H groups in total. The van der Waals surface area contributed by atoms with Crippen LogP contribution >= 0.6 is 0 Å². The molecule has 3 nitrogen and oxygen atoms in total. The van der Waals surface area contributed by atoms with Gasteiger partial charge in [-0.2, -0.15) is 0 Å². The summed E-state index contributed by atoms with van der Waals surface area (Å²) in [5.74, 6) is 3.59. The number of likely N-dealkylation sites (N-methyl/N-ethyl adjacent to an activating group) is 1. The molecule has 1 fully saturated rings. The number of nitrogens with one attached hydrogen (secondary N) is 1. The van der Waals surface area contributed by atoms with Crippen LogP contribution in [0.2, 0.25) is 0 Å². The lowest BCUT2D eigenvalue weighted by molar-refractivity contribution is 0.386. The quantitative estimate of drug-likeness (QED) is 0.884. The maximum Gasteiger partial charge on any atom is 0.126 e. The van der Waals surface area contributed by atoms with Crippen molar-refractivity contribution >= 4 is 0 Å². The van der Waals surface area contributed by atoms with Crippen molar-refractivity contribution in [2.45, 2.75) is 37.5 Å². The van der Waals surface area contributed by atoms with E-state index >= 15 is 0 Å². The van der Waals surface area contributed by atoms with Crippen molar-refractivity contribution in [2.24, 2.45) is 0 Å². The van der Waals surface area contributed by atoms with Crippen LogP contribution in [0.5, 0.6) is 11.5 Å². The molecule has 2 aliphatic carbocycles. The van der Waals surface area contributed by atoms with Crippen LogP contribution in [-0.2, 0) is 6.42 Å². The van der Waals surface area contributed by atoms with Gasteiger partial charge in [-0.25, -0.2) is 0 Å². The van der Waals surface area contributed by atoms with E-state index in [2.05, 4.69) is 11.4 Å². The van der Waals surface area contributed by atoms with Crippen LogP contribution in [-0.4, -0.2) is 27.8 Å². The van der Waals surface area contributed by atoms with E-state index in [9.17, 15) is 0 Å². The van der Waals surface area contributed by atoms with E-state index in [0.717, 1.165) is 24.5 Å². The molecule has 104 valence electrons. The van der Waals surface area contributed by atoms with Gasteiger partial charge in [-0.05, 0) is 62.7 Å². The molecule has 0 heterocycles. The molecule has 0 radical (unpaired) electrons. The average Bonchev–Trinajstić information content (AvgIpc) is 3.05. The van der Waals surface area contributed by atoms with E-state index in [4.69, 9.17) is 9.47 Å². The maximum absolute atomic E-state index is 5.75. The molecule has 1 aromatic carbocycles. The highest BCUT2D eigenvalue weighted by Crippen LogP contribution is 2.59. The summed E-state index contributed by atoms with van der Waals surface area (Å²) in [6.45, 7) is 0.965. The maximum atomic E-state index is 5.75. The Balaban J connectivity index is 2.10. The molecule has 19 heavy (non-hydrogen) atoms. The Kier molecular flexibility index (Phi) is 3.40. The lowest BCUT2D eigenvalue weighted by Gasteiger charge is -2.23. The summed E-state index contributed by atoms with van der Waals surface area (Å²) in [7, 11) is 5.58. The standard InChI is InChI=1S/C16H23NO2/c1-17-7-6-12-9-13(18-2)14-10-4-5-11(8-10)15(14)16(12)19-3/h9-11,17H,4-8H2,1-3H3. The zero-order valence-corrected chi connectivity index (χ0v) is 12.1. The topological polar surface area (TPSA) is 30.5 Å². The summed E-state index contributed by atoms with van der Waals surface area (Å²) in [4.78, 5) is 0. The third-order valence-corrected chi connectivity index (χ3v) is 4.71. The molecular formula is C16H23NO2. The van der Waals surface area contributed by atoms with Crippen LogP contribution < -0.4 is 14.8 Å². The Hall–Kier alpha value is -1.22. The molecule has 3 heteroatoms. The summed E-state index contributed by atoms with van der Waals surface area (Å²) in [5.41, 5.74) is 4.16. The van der Waals surface area contributed by atoms with E-state index in [1.54, 1.807) is 14.2 Å². The zero-order chi connectivity index (χ0) is 13.4. The Morgan fingerprint density at radius 3 is 2.53 bits per heavy atom. The summed E-state index contributed by atoms with van der Waals surface area (Å²) >= 11 is 0. The first-order chi connectivity index (χ1) is 9.30. The first-order valence-electron chi connectivity index (χ1n) is 7.22. The highest BCUT2D eigenvalue weighted by Gasteiger charge is 2.42. The van der Waals surface area contributed by atoms with Gasteiger partial charge in [-0.1, -0.05) is 0 Å². The number of ether oxygens (including phenoxy) is 2. The van der Waals surface area contributed by atoms with Crippen LogP contribution in [0.4, 0.5) is 0 Å². The molecule has 0 amide bonds. The first-order valence-corrected chi connectivity index (χ1v) is 7.22. The van der Waals surface area contributed by atoms with Crippen molar-refractivity contribution in [3.63, 3.8) is 0 Å². The number of methoxy groups -OCH3 is 2. The summed E-state index contributed by atoms with van der Waals surface area (Å²) < 4.78 is 11.4. The number of rotatable bonds is 5. The second kappa shape index (κ2) is 5.04. The van der Waals surface area contributed by atoms with Crippen molar-refractivity contribution in [1.82, 2.24) is 5.32 Å². The molecule has 2 aliphatic rings. The van der Waals surface area contributed by atoms with Gasteiger partial charge in [0, 0.05) is 11.1 Å². The van der Waals surface area contributed by atoms with Gasteiger partial charge in [-0.15, -0.1) is 0 Å². The van der Waals surface area contributed by atoms with Gasteiger partial charge < -0.3 is 14.8 Å². The highest BCUT2D eigenvalue weighted by atomic mass is 16.5. The Morgan fingerprint density at radius 1 is 1.16 bits per heavy atom. The minimum atomic E-state index is 0.693. The number of fused-ring (bicyclic) bond motifs is 5. The summed E-state index contributed by atoms with van der Waals surface area (Å²) in [6.07, 6.45) is 4.90. The molecule has 0 aromatic heterocycles. The van der Waals surface area contributed by atoms with Crippen LogP contribution in [0.25, 0.3) is 0 Å². The molecular weight excluding hydrogens is 238 g/mol. The molecule has 0 aliphatic heterocycles. The fourth-order valence-corrected chi connectivity index (χ4v) is 3.92. The Bertz CT molecular complexity index is 484. The average molecular weight is 261 g/mol. The normalized spacial score (nSPS) is 23.5. The van der Waals surface area contributed by atoms with Crippen molar-refractivity contribution < 1.29 is 9.47 Å². The molecule has 2 atom stereocenters. The van der Waals surface area contributed by atoms with E-state index in [-0.39, 0.29) is 0 Å². The van der Waals surface area contributed by atoms with Crippen molar-refractivity contribution in [1.29, 1.82) is 0 Å². The first kappa shape index (κ1) is 12.8. The van der Waals surface area contributed by atoms with Crippen molar-refractivity contribution in [2.75, 3.05) is 27.8 Å². The smallest absolute Gasteiger partial charge is 0.126 e. The predicted molar refractivity (Wildman–Crippen MR) is 76.5 cm³/mol. The fourth-order valence-electron chi connectivity index (χ4n) is 3.92. The largest absolute Gasteiger partial charge is 0.496 e. The minimum Gasteiger partial charge on any atom is -0.496 e. The fraction of sp³-hybridized carbons (Fsp3) is 0.625. The third kappa shape index (κ3) is 1.91. The van der Waals surface area contributed by atoms with Crippen molar-refractivity contribution in [3.8, 4) is 11.5 Å². The van der Waals surface area contributed by atoms with Crippen LogP contribution in [0, 0.1) is 0 Å². The minimum absolute atomic E-state index is 0.693. The molecule has 2 unspecified atom stereocenters. The number of benzene rings is 1. The van der Waals surface area contributed by atoms with Gasteiger partial charge in [-0.3, -0.25) is 0 Å². The van der Waals surface area contributed by atoms with Gasteiger partial charge in [0.25, 0.3) is 0 Å². The van der Waals surface area contributed by atoms with Crippen LogP contribution in [0.15, 0.2) is 6.07 Å².